The van der Waals surface area contributed by atoms with Crippen LogP contribution in [-0.4, -0.2) is 60.2 Å². The van der Waals surface area contributed by atoms with Gasteiger partial charge in [0.2, 0.25) is 17.7 Å². The van der Waals surface area contributed by atoms with E-state index in [2.05, 4.69) is 5.32 Å². The second-order valence-corrected chi connectivity index (χ2v) is 4.66. The molecule has 1 saturated carbocycles. The van der Waals surface area contributed by atoms with Crippen molar-refractivity contribution in [1.29, 1.82) is 0 Å². The average Bonchev–Trinajstić information content (AvgIpc) is 3.11. The minimum absolute atomic E-state index is 0.0256. The molecule has 1 saturated heterocycles. The van der Waals surface area contributed by atoms with Crippen LogP contribution in [0.1, 0.15) is 19.3 Å². The molecule has 2 fully saturated rings. The van der Waals surface area contributed by atoms with Crippen molar-refractivity contribution in [3.63, 3.8) is 0 Å². The Morgan fingerprint density at radius 1 is 1.47 bits per heavy atom. The van der Waals surface area contributed by atoms with Crippen molar-refractivity contribution in [3.8, 4) is 0 Å². The molecule has 0 spiro atoms. The number of likely N-dealkylation sites (tertiary alicyclic amines) is 1. The molecule has 2 rings (SSSR count). The summed E-state index contributed by atoms with van der Waals surface area (Å²) in [5.41, 5.74) is 0. The van der Waals surface area contributed by atoms with Crippen molar-refractivity contribution in [3.05, 3.63) is 0 Å². The molecule has 1 aliphatic heterocycles. The highest BCUT2D eigenvalue weighted by atomic mass is 16.2. The molecular formula is C11H17N3O3. The number of amides is 3. The molecule has 6 heteroatoms. The van der Waals surface area contributed by atoms with Crippen LogP contribution in [0.3, 0.4) is 0 Å². The molecule has 94 valence electrons. The highest BCUT2D eigenvalue weighted by Crippen LogP contribution is 2.25. The first-order valence-electron chi connectivity index (χ1n) is 5.80. The molecule has 1 atom stereocenters. The number of nitrogens with one attached hydrogen (secondary N) is 1. The normalized spacial score (nSPS) is 24.4. The number of likely N-dealkylation sites (N-methyl/N-ethyl adjacent to an activating group) is 2. The molecular weight excluding hydrogens is 222 g/mol. The van der Waals surface area contributed by atoms with Gasteiger partial charge in [-0.3, -0.25) is 24.6 Å². The van der Waals surface area contributed by atoms with E-state index in [1.165, 1.54) is 7.05 Å². The third-order valence-corrected chi connectivity index (χ3v) is 3.37. The standard InChI is InChI=1S/C11H17N3O3/c1-13(7-3-4-7)10(16)6-12-8-5-9(15)14(2)11(8)17/h7-8,12H,3-6H2,1-2H3. The summed E-state index contributed by atoms with van der Waals surface area (Å²) >= 11 is 0. The van der Waals surface area contributed by atoms with Crippen LogP contribution in [0.5, 0.6) is 0 Å². The fraction of sp³-hybridized carbons (Fsp3) is 0.727. The fourth-order valence-corrected chi connectivity index (χ4v) is 1.92. The molecule has 1 unspecified atom stereocenters. The van der Waals surface area contributed by atoms with Gasteiger partial charge in [0.05, 0.1) is 19.0 Å². The number of hydrogen-bond acceptors (Lipinski definition) is 4. The Morgan fingerprint density at radius 3 is 2.59 bits per heavy atom. The van der Waals surface area contributed by atoms with E-state index in [0.717, 1.165) is 17.7 Å². The van der Waals surface area contributed by atoms with Gasteiger partial charge in [-0.2, -0.15) is 0 Å². The molecule has 1 aliphatic carbocycles. The second-order valence-electron chi connectivity index (χ2n) is 4.66. The van der Waals surface area contributed by atoms with Crippen LogP contribution >= 0.6 is 0 Å². The smallest absolute Gasteiger partial charge is 0.246 e. The maximum Gasteiger partial charge on any atom is 0.246 e. The number of hydrogen-bond donors (Lipinski definition) is 1. The van der Waals surface area contributed by atoms with Crippen molar-refractivity contribution in [2.75, 3.05) is 20.6 Å². The van der Waals surface area contributed by atoms with Crippen molar-refractivity contribution in [1.82, 2.24) is 15.1 Å². The van der Waals surface area contributed by atoms with Crippen LogP contribution in [-0.2, 0) is 14.4 Å². The van der Waals surface area contributed by atoms with Gasteiger partial charge >= 0.3 is 0 Å². The third kappa shape index (κ3) is 2.46. The summed E-state index contributed by atoms with van der Waals surface area (Å²) in [5.74, 6) is -0.477. The van der Waals surface area contributed by atoms with Crippen LogP contribution in [0.4, 0.5) is 0 Å². The molecule has 2 aliphatic rings. The van der Waals surface area contributed by atoms with Gasteiger partial charge in [-0.15, -0.1) is 0 Å². The third-order valence-electron chi connectivity index (χ3n) is 3.37. The maximum atomic E-state index is 11.7. The summed E-state index contributed by atoms with van der Waals surface area (Å²) in [6, 6.07) is -0.170. The highest BCUT2D eigenvalue weighted by molar-refractivity contribution is 6.05. The first-order chi connectivity index (χ1) is 8.00. The van der Waals surface area contributed by atoms with Gasteiger partial charge in [0.25, 0.3) is 0 Å². The van der Waals surface area contributed by atoms with Crippen molar-refractivity contribution >= 4 is 17.7 Å². The van der Waals surface area contributed by atoms with E-state index < -0.39 is 6.04 Å². The maximum absolute atomic E-state index is 11.7. The van der Waals surface area contributed by atoms with Gasteiger partial charge in [0.15, 0.2) is 0 Å². The van der Waals surface area contributed by atoms with Crippen molar-refractivity contribution in [2.45, 2.75) is 31.3 Å². The van der Waals surface area contributed by atoms with Crippen LogP contribution in [0.25, 0.3) is 0 Å². The van der Waals surface area contributed by atoms with Gasteiger partial charge in [0, 0.05) is 20.1 Å². The minimum atomic E-state index is -0.538. The van der Waals surface area contributed by atoms with Gasteiger partial charge in [-0.1, -0.05) is 0 Å². The molecule has 0 bridgehead atoms. The summed E-state index contributed by atoms with van der Waals surface area (Å²) in [5, 5.41) is 2.85. The minimum Gasteiger partial charge on any atom is -0.342 e. The largest absolute Gasteiger partial charge is 0.342 e. The molecule has 3 amide bonds. The Morgan fingerprint density at radius 2 is 2.12 bits per heavy atom. The van der Waals surface area contributed by atoms with E-state index in [1.807, 2.05) is 0 Å². The summed E-state index contributed by atoms with van der Waals surface area (Å²) in [4.78, 5) is 37.3. The van der Waals surface area contributed by atoms with Crippen molar-refractivity contribution in [2.24, 2.45) is 0 Å². The molecule has 0 aromatic carbocycles. The quantitative estimate of drug-likeness (QED) is 0.636. The second kappa shape index (κ2) is 4.44. The van der Waals surface area contributed by atoms with E-state index >= 15 is 0 Å². The number of rotatable bonds is 4. The first-order valence-corrected chi connectivity index (χ1v) is 5.80. The zero-order valence-electron chi connectivity index (χ0n) is 10.1. The van der Waals surface area contributed by atoms with E-state index in [4.69, 9.17) is 0 Å². The molecule has 0 radical (unpaired) electrons. The lowest BCUT2D eigenvalue weighted by Crippen LogP contribution is -2.43. The van der Waals surface area contributed by atoms with E-state index in [-0.39, 0.29) is 30.7 Å². The Bertz CT molecular complexity index is 365. The SMILES string of the molecule is CN1C(=O)CC(NCC(=O)N(C)C2CC2)C1=O. The lowest BCUT2D eigenvalue weighted by Gasteiger charge is -2.17. The zero-order valence-corrected chi connectivity index (χ0v) is 10.1. The van der Waals surface area contributed by atoms with Gasteiger partial charge in [-0.25, -0.2) is 0 Å². The summed E-state index contributed by atoms with van der Waals surface area (Å²) in [6.07, 6.45) is 2.27. The van der Waals surface area contributed by atoms with Crippen LogP contribution in [0, 0.1) is 0 Å². The summed E-state index contributed by atoms with van der Waals surface area (Å²) < 4.78 is 0. The van der Waals surface area contributed by atoms with Gasteiger partial charge < -0.3 is 4.90 Å². The van der Waals surface area contributed by atoms with Crippen LogP contribution in [0.2, 0.25) is 0 Å². The van der Waals surface area contributed by atoms with Crippen LogP contribution < -0.4 is 5.32 Å². The van der Waals surface area contributed by atoms with Gasteiger partial charge in [-0.05, 0) is 12.8 Å². The molecule has 1 heterocycles. The number of carbonyl (C=O) groups excluding carboxylic acids is 3. The average molecular weight is 239 g/mol. The lowest BCUT2D eigenvalue weighted by atomic mass is 10.2. The topological polar surface area (TPSA) is 69.7 Å². The molecule has 6 nitrogen and oxygen atoms in total. The van der Waals surface area contributed by atoms with E-state index in [9.17, 15) is 14.4 Å². The number of imide groups is 1. The first kappa shape index (κ1) is 12.0. The molecule has 1 N–H and O–H groups in total. The van der Waals surface area contributed by atoms with Crippen LogP contribution in [0.15, 0.2) is 0 Å². The van der Waals surface area contributed by atoms with Crippen molar-refractivity contribution < 1.29 is 14.4 Å². The Kier molecular flexibility index (Phi) is 3.15. The Hall–Kier alpha value is -1.43. The zero-order chi connectivity index (χ0) is 12.6. The summed E-state index contributed by atoms with van der Waals surface area (Å²) in [7, 11) is 3.24. The lowest BCUT2D eigenvalue weighted by molar-refractivity contribution is -0.137. The monoisotopic (exact) mass is 239 g/mol. The van der Waals surface area contributed by atoms with Gasteiger partial charge in [0.1, 0.15) is 0 Å². The molecule has 0 aromatic heterocycles. The highest BCUT2D eigenvalue weighted by Gasteiger charge is 2.36. The number of nitrogens with zero attached hydrogens (tertiary/aromatic N) is 2. The fourth-order valence-electron chi connectivity index (χ4n) is 1.92. The predicted molar refractivity (Wildman–Crippen MR) is 60.0 cm³/mol. The predicted octanol–water partition coefficient (Wildman–Crippen LogP) is -1.05. The molecule has 17 heavy (non-hydrogen) atoms. The van der Waals surface area contributed by atoms with E-state index in [1.54, 1.807) is 11.9 Å². The molecule has 0 aromatic rings. The Balaban J connectivity index is 1.80. The van der Waals surface area contributed by atoms with E-state index in [0.29, 0.717) is 6.04 Å². The summed E-state index contributed by atoms with van der Waals surface area (Å²) in [6.45, 7) is 0.116. The number of carbonyl (C=O) groups is 3. The Labute approximate surface area is 99.9 Å².